The Balaban J connectivity index is 1.45. The van der Waals surface area contributed by atoms with Crippen LogP contribution in [0.3, 0.4) is 0 Å². The highest BCUT2D eigenvalue weighted by molar-refractivity contribution is 6.30. The second-order valence-electron chi connectivity index (χ2n) is 5.68. The van der Waals surface area contributed by atoms with Crippen LogP contribution in [0, 0.1) is 0 Å². The molecule has 0 unspecified atom stereocenters. The molecule has 1 fully saturated rings. The molecule has 1 aliphatic heterocycles. The Hall–Kier alpha value is -1.40. The monoisotopic (exact) mass is 320 g/mol. The SMILES string of the molecule is O[C@@H](CN1CCN(Cn2cc(Cl)cn2)CC1)c1ccccc1. The average Bonchev–Trinajstić information content (AvgIpc) is 2.95. The Morgan fingerprint density at radius 3 is 2.41 bits per heavy atom. The molecule has 1 aromatic carbocycles. The Morgan fingerprint density at radius 1 is 1.09 bits per heavy atom. The molecule has 1 atom stereocenters. The van der Waals surface area contributed by atoms with Crippen LogP contribution in [0.5, 0.6) is 0 Å². The van der Waals surface area contributed by atoms with Gasteiger partial charge in [0.05, 0.1) is 24.0 Å². The fourth-order valence-electron chi connectivity index (χ4n) is 2.76. The summed E-state index contributed by atoms with van der Waals surface area (Å²) in [5, 5.41) is 15.2. The molecule has 2 heterocycles. The normalized spacial score (nSPS) is 18.5. The number of benzene rings is 1. The zero-order valence-electron chi connectivity index (χ0n) is 12.5. The third-order valence-electron chi connectivity index (χ3n) is 4.03. The standard InChI is InChI=1S/C16H21ClN4O/c17-15-10-18-21(11-15)13-20-8-6-19(7-9-20)12-16(22)14-4-2-1-3-5-14/h1-5,10-11,16,22H,6-9,12-13H2/t16-/m0/s1. The second kappa shape index (κ2) is 7.24. The van der Waals surface area contributed by atoms with Gasteiger partial charge < -0.3 is 5.11 Å². The van der Waals surface area contributed by atoms with E-state index in [9.17, 15) is 5.11 Å². The number of nitrogens with zero attached hydrogens (tertiary/aromatic N) is 4. The number of halogens is 1. The number of aromatic nitrogens is 2. The minimum atomic E-state index is -0.419. The fourth-order valence-corrected chi connectivity index (χ4v) is 2.92. The van der Waals surface area contributed by atoms with Crippen molar-refractivity contribution in [3.8, 4) is 0 Å². The van der Waals surface area contributed by atoms with Gasteiger partial charge in [0.25, 0.3) is 0 Å². The molecule has 1 aliphatic rings. The largest absolute Gasteiger partial charge is 0.387 e. The van der Waals surface area contributed by atoms with Crippen LogP contribution in [0.25, 0.3) is 0 Å². The highest BCUT2D eigenvalue weighted by atomic mass is 35.5. The summed E-state index contributed by atoms with van der Waals surface area (Å²) in [6, 6.07) is 9.85. The fraction of sp³-hybridized carbons (Fsp3) is 0.438. The zero-order chi connectivity index (χ0) is 15.4. The van der Waals surface area contributed by atoms with Gasteiger partial charge in [-0.2, -0.15) is 5.10 Å². The Kier molecular flexibility index (Phi) is 5.10. The van der Waals surface area contributed by atoms with Crippen LogP contribution < -0.4 is 0 Å². The molecule has 6 heteroatoms. The van der Waals surface area contributed by atoms with Crippen LogP contribution in [0.1, 0.15) is 11.7 Å². The minimum absolute atomic E-state index is 0.419. The first-order valence-corrected chi connectivity index (χ1v) is 7.94. The number of aliphatic hydroxyl groups excluding tert-OH is 1. The van der Waals surface area contributed by atoms with Gasteiger partial charge in [-0.05, 0) is 5.56 Å². The third kappa shape index (κ3) is 4.08. The predicted molar refractivity (Wildman–Crippen MR) is 86.7 cm³/mol. The van der Waals surface area contributed by atoms with E-state index in [4.69, 9.17) is 11.6 Å². The lowest BCUT2D eigenvalue weighted by molar-refractivity contribution is 0.0597. The molecule has 5 nitrogen and oxygen atoms in total. The molecule has 0 amide bonds. The van der Waals surface area contributed by atoms with Crippen molar-refractivity contribution < 1.29 is 5.11 Å². The van der Waals surface area contributed by atoms with Crippen molar-refractivity contribution in [2.75, 3.05) is 32.7 Å². The van der Waals surface area contributed by atoms with Gasteiger partial charge in [0.2, 0.25) is 0 Å². The molecule has 0 radical (unpaired) electrons. The maximum atomic E-state index is 10.3. The van der Waals surface area contributed by atoms with Gasteiger partial charge >= 0.3 is 0 Å². The van der Waals surface area contributed by atoms with E-state index in [1.807, 2.05) is 41.2 Å². The number of β-amino-alcohol motifs (C(OH)–C–C–N with tert-alkyl or cyclic N) is 1. The summed E-state index contributed by atoms with van der Waals surface area (Å²) in [5.41, 5.74) is 0.983. The van der Waals surface area contributed by atoms with E-state index < -0.39 is 6.10 Å². The van der Waals surface area contributed by atoms with E-state index >= 15 is 0 Å². The summed E-state index contributed by atoms with van der Waals surface area (Å²) in [6.45, 7) is 5.31. The van der Waals surface area contributed by atoms with Gasteiger partial charge in [-0.1, -0.05) is 41.9 Å². The van der Waals surface area contributed by atoms with E-state index in [1.54, 1.807) is 6.20 Å². The maximum absolute atomic E-state index is 10.3. The molecular formula is C16H21ClN4O. The molecule has 0 saturated carbocycles. The van der Waals surface area contributed by atoms with Crippen LogP contribution >= 0.6 is 11.6 Å². The first-order valence-electron chi connectivity index (χ1n) is 7.56. The van der Waals surface area contributed by atoms with E-state index in [-0.39, 0.29) is 0 Å². The summed E-state index contributed by atoms with van der Waals surface area (Å²) in [7, 11) is 0. The van der Waals surface area contributed by atoms with Crippen molar-refractivity contribution in [1.82, 2.24) is 19.6 Å². The van der Waals surface area contributed by atoms with Crippen LogP contribution in [0.2, 0.25) is 5.02 Å². The van der Waals surface area contributed by atoms with Gasteiger partial charge in [0.15, 0.2) is 0 Å². The van der Waals surface area contributed by atoms with Gasteiger partial charge in [-0.25, -0.2) is 0 Å². The molecule has 3 rings (SSSR count). The average molecular weight is 321 g/mol. The Bertz CT molecular complexity index is 581. The molecule has 118 valence electrons. The molecule has 1 N–H and O–H groups in total. The van der Waals surface area contributed by atoms with E-state index in [0.29, 0.717) is 11.6 Å². The Labute approximate surface area is 135 Å². The molecule has 0 bridgehead atoms. The van der Waals surface area contributed by atoms with Crippen molar-refractivity contribution in [2.45, 2.75) is 12.8 Å². The Morgan fingerprint density at radius 2 is 1.77 bits per heavy atom. The number of rotatable bonds is 5. The maximum Gasteiger partial charge on any atom is 0.0930 e. The van der Waals surface area contributed by atoms with Crippen molar-refractivity contribution >= 4 is 11.6 Å². The predicted octanol–water partition coefficient (Wildman–Crippen LogP) is 1.85. The van der Waals surface area contributed by atoms with Crippen molar-refractivity contribution in [1.29, 1.82) is 0 Å². The van der Waals surface area contributed by atoms with Crippen LogP contribution in [-0.2, 0) is 6.67 Å². The van der Waals surface area contributed by atoms with Crippen LogP contribution in [-0.4, -0.2) is 57.4 Å². The van der Waals surface area contributed by atoms with Gasteiger partial charge in [-0.3, -0.25) is 14.5 Å². The highest BCUT2D eigenvalue weighted by Crippen LogP contribution is 2.15. The molecule has 1 saturated heterocycles. The second-order valence-corrected chi connectivity index (χ2v) is 6.12. The molecule has 1 aromatic heterocycles. The first-order chi connectivity index (χ1) is 10.7. The molecule has 0 aliphatic carbocycles. The lowest BCUT2D eigenvalue weighted by atomic mass is 10.1. The molecule has 22 heavy (non-hydrogen) atoms. The molecule has 2 aromatic rings. The zero-order valence-corrected chi connectivity index (χ0v) is 13.2. The summed E-state index contributed by atoms with van der Waals surface area (Å²) in [4.78, 5) is 4.65. The summed E-state index contributed by atoms with van der Waals surface area (Å²) in [6.07, 6.45) is 3.08. The van der Waals surface area contributed by atoms with Gasteiger partial charge in [0, 0.05) is 38.9 Å². The van der Waals surface area contributed by atoms with Crippen LogP contribution in [0.15, 0.2) is 42.7 Å². The lowest BCUT2D eigenvalue weighted by Crippen LogP contribution is -2.47. The van der Waals surface area contributed by atoms with E-state index in [2.05, 4.69) is 14.9 Å². The topological polar surface area (TPSA) is 44.5 Å². The summed E-state index contributed by atoms with van der Waals surface area (Å²) >= 11 is 5.88. The number of hydrogen-bond donors (Lipinski definition) is 1. The van der Waals surface area contributed by atoms with Gasteiger partial charge in [0.1, 0.15) is 0 Å². The smallest absolute Gasteiger partial charge is 0.0930 e. The van der Waals surface area contributed by atoms with Crippen molar-refractivity contribution in [3.05, 3.63) is 53.3 Å². The van der Waals surface area contributed by atoms with Crippen molar-refractivity contribution in [3.63, 3.8) is 0 Å². The third-order valence-corrected chi connectivity index (χ3v) is 4.22. The summed E-state index contributed by atoms with van der Waals surface area (Å²) in [5.74, 6) is 0. The number of piperazine rings is 1. The summed E-state index contributed by atoms with van der Waals surface area (Å²) < 4.78 is 1.86. The minimum Gasteiger partial charge on any atom is -0.387 e. The number of hydrogen-bond acceptors (Lipinski definition) is 4. The molecular weight excluding hydrogens is 300 g/mol. The van der Waals surface area contributed by atoms with E-state index in [1.165, 1.54) is 0 Å². The number of aliphatic hydroxyl groups is 1. The highest BCUT2D eigenvalue weighted by Gasteiger charge is 2.20. The van der Waals surface area contributed by atoms with Crippen molar-refractivity contribution in [2.24, 2.45) is 0 Å². The molecule has 0 spiro atoms. The first kappa shape index (κ1) is 15.5. The quantitative estimate of drug-likeness (QED) is 0.913. The van der Waals surface area contributed by atoms with Crippen LogP contribution in [0.4, 0.5) is 0 Å². The van der Waals surface area contributed by atoms with Gasteiger partial charge in [-0.15, -0.1) is 0 Å². The van der Waals surface area contributed by atoms with E-state index in [0.717, 1.165) is 38.4 Å². The lowest BCUT2D eigenvalue weighted by Gasteiger charge is -2.35.